The van der Waals surface area contributed by atoms with E-state index in [0.717, 1.165) is 25.9 Å². The molecule has 0 spiro atoms. The number of rotatable bonds is 2. The number of aryl methyl sites for hydroxylation is 1. The largest absolute Gasteiger partial charge is 0.504 e. The van der Waals surface area contributed by atoms with Gasteiger partial charge in [-0.1, -0.05) is 0 Å². The van der Waals surface area contributed by atoms with E-state index in [1.165, 1.54) is 10.9 Å². The molecule has 0 unspecified atom stereocenters. The molecular formula is C20H19FN6O2. The summed E-state index contributed by atoms with van der Waals surface area (Å²) in [6, 6.07) is 3.51. The third-order valence-electron chi connectivity index (χ3n) is 5.45. The number of aromatic nitrogens is 5. The van der Waals surface area contributed by atoms with Crippen LogP contribution in [0.3, 0.4) is 0 Å². The minimum atomic E-state index is -0.817. The van der Waals surface area contributed by atoms with Crippen molar-refractivity contribution in [1.82, 2.24) is 29.6 Å². The number of aromatic hydroxyl groups is 1. The molecule has 29 heavy (non-hydrogen) atoms. The first-order chi connectivity index (χ1) is 14.0. The van der Waals surface area contributed by atoms with Crippen LogP contribution in [0.5, 0.6) is 5.75 Å². The standard InChI is InChI=1S/C20H19FN6O2/c1-26-10-11-8-13(18(28)16(21)17(11)25-26)19-23-9-14-15(24-19)4-7-27(20(14)29)12-2-5-22-6-3-12/h4,7-10,12,22,28H,2-3,5-6H2,1H3. The second kappa shape index (κ2) is 6.63. The molecule has 0 amide bonds. The highest BCUT2D eigenvalue weighted by molar-refractivity contribution is 5.88. The number of nitrogens with one attached hydrogen (secondary N) is 1. The number of nitrogens with zero attached hydrogens (tertiary/aromatic N) is 5. The van der Waals surface area contributed by atoms with Gasteiger partial charge in [0.05, 0.1) is 16.5 Å². The molecule has 1 fully saturated rings. The first kappa shape index (κ1) is 17.7. The molecule has 1 saturated heterocycles. The van der Waals surface area contributed by atoms with Gasteiger partial charge in [0.25, 0.3) is 5.56 Å². The van der Waals surface area contributed by atoms with Gasteiger partial charge in [-0.3, -0.25) is 9.48 Å². The maximum atomic E-state index is 14.6. The van der Waals surface area contributed by atoms with Gasteiger partial charge in [-0.25, -0.2) is 14.4 Å². The molecule has 4 heterocycles. The van der Waals surface area contributed by atoms with Crippen LogP contribution in [0.4, 0.5) is 4.39 Å². The van der Waals surface area contributed by atoms with Crippen molar-refractivity contribution in [2.45, 2.75) is 18.9 Å². The molecule has 9 heteroatoms. The van der Waals surface area contributed by atoms with Crippen LogP contribution in [0.15, 0.2) is 35.5 Å². The van der Waals surface area contributed by atoms with Crippen molar-refractivity contribution in [1.29, 1.82) is 0 Å². The summed E-state index contributed by atoms with van der Waals surface area (Å²) >= 11 is 0. The average molecular weight is 394 g/mol. The van der Waals surface area contributed by atoms with Gasteiger partial charge in [0.2, 0.25) is 0 Å². The van der Waals surface area contributed by atoms with Gasteiger partial charge in [0, 0.05) is 37.1 Å². The first-order valence-electron chi connectivity index (χ1n) is 9.47. The summed E-state index contributed by atoms with van der Waals surface area (Å²) in [5, 5.41) is 18.6. The summed E-state index contributed by atoms with van der Waals surface area (Å²) in [4.78, 5) is 21.6. The molecule has 2 N–H and O–H groups in total. The molecule has 4 aromatic rings. The van der Waals surface area contributed by atoms with E-state index in [1.54, 1.807) is 36.1 Å². The topological polar surface area (TPSA) is 97.9 Å². The minimum absolute atomic E-state index is 0.0828. The van der Waals surface area contributed by atoms with Crippen molar-refractivity contribution in [3.8, 4) is 17.1 Å². The van der Waals surface area contributed by atoms with Crippen molar-refractivity contribution < 1.29 is 9.50 Å². The lowest BCUT2D eigenvalue weighted by molar-refractivity contribution is 0.362. The number of phenols is 1. The van der Waals surface area contributed by atoms with Crippen LogP contribution in [0.2, 0.25) is 0 Å². The Bertz CT molecular complexity index is 1310. The van der Waals surface area contributed by atoms with Crippen LogP contribution in [0.25, 0.3) is 33.2 Å². The Morgan fingerprint density at radius 2 is 2.10 bits per heavy atom. The van der Waals surface area contributed by atoms with Gasteiger partial charge < -0.3 is 15.0 Å². The molecule has 0 bridgehead atoms. The Kier molecular flexibility index (Phi) is 4.06. The molecular weight excluding hydrogens is 375 g/mol. The lowest BCUT2D eigenvalue weighted by Crippen LogP contribution is -2.34. The molecule has 0 aliphatic carbocycles. The van der Waals surface area contributed by atoms with Crippen molar-refractivity contribution in [3.63, 3.8) is 0 Å². The van der Waals surface area contributed by atoms with E-state index in [1.807, 2.05) is 0 Å². The first-order valence-corrected chi connectivity index (χ1v) is 9.47. The monoisotopic (exact) mass is 394 g/mol. The van der Waals surface area contributed by atoms with Crippen molar-refractivity contribution >= 4 is 21.8 Å². The molecule has 0 radical (unpaired) electrons. The van der Waals surface area contributed by atoms with Crippen LogP contribution < -0.4 is 10.9 Å². The lowest BCUT2D eigenvalue weighted by Gasteiger charge is -2.24. The summed E-state index contributed by atoms with van der Waals surface area (Å²) in [5.74, 6) is -1.22. The zero-order valence-corrected chi connectivity index (χ0v) is 15.8. The number of piperidine rings is 1. The van der Waals surface area contributed by atoms with Gasteiger partial charge >= 0.3 is 0 Å². The van der Waals surface area contributed by atoms with E-state index in [2.05, 4.69) is 20.4 Å². The molecule has 1 aromatic carbocycles. The number of fused-ring (bicyclic) bond motifs is 2. The van der Waals surface area contributed by atoms with E-state index in [0.29, 0.717) is 16.3 Å². The maximum Gasteiger partial charge on any atom is 0.261 e. The predicted octanol–water partition coefficient (Wildman–Crippen LogP) is 2.11. The van der Waals surface area contributed by atoms with Crippen LogP contribution in [0, 0.1) is 5.82 Å². The summed E-state index contributed by atoms with van der Waals surface area (Å²) in [7, 11) is 1.68. The van der Waals surface area contributed by atoms with E-state index in [-0.39, 0.29) is 28.5 Å². The van der Waals surface area contributed by atoms with Gasteiger partial charge in [0.15, 0.2) is 17.4 Å². The van der Waals surface area contributed by atoms with Crippen molar-refractivity contribution in [3.05, 3.63) is 46.9 Å². The highest BCUT2D eigenvalue weighted by Crippen LogP contribution is 2.34. The molecule has 0 saturated carbocycles. The Hall–Kier alpha value is -3.33. The Morgan fingerprint density at radius 1 is 1.31 bits per heavy atom. The Balaban J connectivity index is 1.63. The summed E-state index contributed by atoms with van der Waals surface area (Å²) in [5.41, 5.74) is 0.558. The smallest absolute Gasteiger partial charge is 0.261 e. The summed E-state index contributed by atoms with van der Waals surface area (Å²) in [6.07, 6.45) is 6.63. The number of benzene rings is 1. The van der Waals surface area contributed by atoms with Gasteiger partial charge in [-0.15, -0.1) is 0 Å². The molecule has 0 atom stereocenters. The molecule has 1 aliphatic heterocycles. The van der Waals surface area contributed by atoms with E-state index in [4.69, 9.17) is 0 Å². The number of pyridine rings is 1. The molecule has 1 aliphatic rings. The Labute approximate surface area is 164 Å². The second-order valence-corrected chi connectivity index (χ2v) is 7.33. The van der Waals surface area contributed by atoms with E-state index >= 15 is 0 Å². The zero-order valence-electron chi connectivity index (χ0n) is 15.8. The van der Waals surface area contributed by atoms with Crippen molar-refractivity contribution in [2.75, 3.05) is 13.1 Å². The zero-order chi connectivity index (χ0) is 20.1. The normalized spacial score (nSPS) is 15.4. The predicted molar refractivity (Wildman–Crippen MR) is 106 cm³/mol. The highest BCUT2D eigenvalue weighted by atomic mass is 19.1. The third kappa shape index (κ3) is 2.85. The Morgan fingerprint density at radius 3 is 2.90 bits per heavy atom. The number of hydrogen-bond acceptors (Lipinski definition) is 6. The van der Waals surface area contributed by atoms with Gasteiger partial charge in [-0.05, 0) is 38.1 Å². The minimum Gasteiger partial charge on any atom is -0.504 e. The summed E-state index contributed by atoms with van der Waals surface area (Å²) < 4.78 is 17.8. The van der Waals surface area contributed by atoms with Gasteiger partial charge in [-0.2, -0.15) is 5.10 Å². The number of phenolic OH excluding ortho intramolecular Hbond substituents is 1. The lowest BCUT2D eigenvalue weighted by atomic mass is 10.1. The molecule has 5 rings (SSSR count). The quantitative estimate of drug-likeness (QED) is 0.540. The number of hydrogen-bond donors (Lipinski definition) is 2. The van der Waals surface area contributed by atoms with E-state index < -0.39 is 11.6 Å². The van der Waals surface area contributed by atoms with Crippen molar-refractivity contribution in [2.24, 2.45) is 7.05 Å². The molecule has 3 aromatic heterocycles. The SMILES string of the molecule is Cn1cc2cc(-c3ncc4c(=O)n(C5CCNCC5)ccc4n3)c(O)c(F)c2n1. The number of halogens is 1. The average Bonchev–Trinajstić information content (AvgIpc) is 3.12. The fraction of sp³-hybridized carbons (Fsp3) is 0.300. The van der Waals surface area contributed by atoms with Crippen LogP contribution in [-0.4, -0.2) is 42.5 Å². The summed E-state index contributed by atoms with van der Waals surface area (Å²) in [6.45, 7) is 1.76. The van der Waals surface area contributed by atoms with Crippen LogP contribution in [-0.2, 0) is 7.05 Å². The molecule has 8 nitrogen and oxygen atoms in total. The fourth-order valence-corrected chi connectivity index (χ4v) is 3.95. The maximum absolute atomic E-state index is 14.6. The molecule has 148 valence electrons. The highest BCUT2D eigenvalue weighted by Gasteiger charge is 2.20. The van der Waals surface area contributed by atoms with Crippen LogP contribution in [0.1, 0.15) is 18.9 Å². The fourth-order valence-electron chi connectivity index (χ4n) is 3.95. The van der Waals surface area contributed by atoms with Crippen LogP contribution >= 0.6 is 0 Å². The third-order valence-corrected chi connectivity index (χ3v) is 5.45. The second-order valence-electron chi connectivity index (χ2n) is 7.33. The van der Waals surface area contributed by atoms with Gasteiger partial charge in [0.1, 0.15) is 5.52 Å². The van der Waals surface area contributed by atoms with E-state index in [9.17, 15) is 14.3 Å².